The molecule has 1 aliphatic rings. The third-order valence-electron chi connectivity index (χ3n) is 6.83. The highest BCUT2D eigenvalue weighted by Gasteiger charge is 2.33. The first-order valence-corrected chi connectivity index (χ1v) is 13.6. The second-order valence-electron chi connectivity index (χ2n) is 9.13. The van der Waals surface area contributed by atoms with Gasteiger partial charge in [0.2, 0.25) is 0 Å². The number of aryl methyl sites for hydroxylation is 3. The van der Waals surface area contributed by atoms with Crippen molar-refractivity contribution in [3.8, 4) is 22.1 Å². The van der Waals surface area contributed by atoms with Crippen molar-refractivity contribution in [2.24, 2.45) is 5.92 Å². The molecule has 1 aromatic heterocycles. The fraction of sp³-hybridized carbons (Fsp3) is 0.448. The topological polar surface area (TPSA) is 68.7 Å². The molecule has 186 valence electrons. The van der Waals surface area contributed by atoms with Gasteiger partial charge in [0.15, 0.2) is 0 Å². The maximum Gasteiger partial charge on any atom is 0.307 e. The zero-order valence-electron chi connectivity index (χ0n) is 20.9. The molecule has 0 saturated carbocycles. The lowest BCUT2D eigenvalue weighted by atomic mass is 9.85. The summed E-state index contributed by atoms with van der Waals surface area (Å²) in [4.78, 5) is 16.3. The molecular weight excluding hydrogens is 458 g/mol. The molecule has 1 N–H and O–H groups in total. The molecule has 0 amide bonds. The summed E-state index contributed by atoms with van der Waals surface area (Å²) in [7, 11) is 0. The minimum absolute atomic E-state index is 0.0998. The van der Waals surface area contributed by atoms with Gasteiger partial charge in [-0.3, -0.25) is 4.79 Å². The highest BCUT2D eigenvalue weighted by Crippen LogP contribution is 2.41. The van der Waals surface area contributed by atoms with Crippen LogP contribution in [0.25, 0.3) is 10.6 Å². The second kappa shape index (κ2) is 11.7. The summed E-state index contributed by atoms with van der Waals surface area (Å²) < 4.78 is 12.1. The number of fused-ring (bicyclic) bond motifs is 1. The lowest BCUT2D eigenvalue weighted by Gasteiger charge is -2.19. The van der Waals surface area contributed by atoms with E-state index in [2.05, 4.69) is 49.6 Å². The summed E-state index contributed by atoms with van der Waals surface area (Å²) in [6, 6.07) is 12.4. The van der Waals surface area contributed by atoms with Gasteiger partial charge in [0.25, 0.3) is 0 Å². The third-order valence-corrected chi connectivity index (χ3v) is 7.77. The monoisotopic (exact) mass is 493 g/mol. The number of ether oxygens (including phenoxy) is 2. The molecule has 0 saturated heterocycles. The number of hydrogen-bond acceptors (Lipinski definition) is 5. The van der Waals surface area contributed by atoms with E-state index in [1.807, 2.05) is 13.0 Å². The lowest BCUT2D eigenvalue weighted by Crippen LogP contribution is -2.19. The van der Waals surface area contributed by atoms with Crippen molar-refractivity contribution in [1.29, 1.82) is 0 Å². The smallest absolute Gasteiger partial charge is 0.307 e. The Morgan fingerprint density at radius 1 is 1.14 bits per heavy atom. The van der Waals surface area contributed by atoms with E-state index in [-0.39, 0.29) is 11.8 Å². The molecule has 0 radical (unpaired) electrons. The van der Waals surface area contributed by atoms with Gasteiger partial charge in [0, 0.05) is 10.9 Å². The molecule has 2 aromatic carbocycles. The minimum Gasteiger partial charge on any atom is -0.490 e. The highest BCUT2D eigenvalue weighted by atomic mass is 32.1. The molecule has 0 bridgehead atoms. The number of nitrogens with zero attached hydrogens (tertiary/aromatic N) is 1. The number of carbonyl (C=O) groups is 1. The molecule has 3 aromatic rings. The average molecular weight is 494 g/mol. The highest BCUT2D eigenvalue weighted by molar-refractivity contribution is 7.13. The Balaban J connectivity index is 1.35. The summed E-state index contributed by atoms with van der Waals surface area (Å²) in [5, 5.41) is 12.7. The van der Waals surface area contributed by atoms with Crippen molar-refractivity contribution in [2.75, 3.05) is 13.2 Å². The molecular formula is C29H35NO4S. The van der Waals surface area contributed by atoms with Crippen LogP contribution >= 0.6 is 11.3 Å². The van der Waals surface area contributed by atoms with Crippen LogP contribution in [0.15, 0.2) is 41.8 Å². The lowest BCUT2D eigenvalue weighted by molar-refractivity contribution is -0.142. The molecule has 5 nitrogen and oxygen atoms in total. The second-order valence-corrected chi connectivity index (χ2v) is 9.98. The van der Waals surface area contributed by atoms with Crippen LogP contribution in [0.4, 0.5) is 0 Å². The van der Waals surface area contributed by atoms with Gasteiger partial charge >= 0.3 is 5.97 Å². The molecule has 0 fully saturated rings. The predicted octanol–water partition coefficient (Wildman–Crippen LogP) is 6.92. The first-order chi connectivity index (χ1) is 17.0. The molecule has 1 unspecified atom stereocenters. The summed E-state index contributed by atoms with van der Waals surface area (Å²) in [6.45, 7) is 7.17. The van der Waals surface area contributed by atoms with Crippen LogP contribution in [-0.4, -0.2) is 29.3 Å². The number of aromatic nitrogens is 1. The van der Waals surface area contributed by atoms with Crippen molar-refractivity contribution in [3.05, 3.63) is 64.2 Å². The fourth-order valence-corrected chi connectivity index (χ4v) is 5.90. The van der Waals surface area contributed by atoms with Gasteiger partial charge in [-0.1, -0.05) is 33.3 Å². The largest absolute Gasteiger partial charge is 0.490 e. The third kappa shape index (κ3) is 5.87. The predicted molar refractivity (Wildman–Crippen MR) is 141 cm³/mol. The minimum atomic E-state index is -0.698. The van der Waals surface area contributed by atoms with Crippen LogP contribution in [0.5, 0.6) is 11.5 Å². The van der Waals surface area contributed by atoms with Gasteiger partial charge in [0.05, 0.1) is 11.6 Å². The van der Waals surface area contributed by atoms with Crippen LogP contribution in [-0.2, 0) is 24.1 Å². The zero-order valence-corrected chi connectivity index (χ0v) is 21.7. The number of thiazole rings is 1. The Hall–Kier alpha value is -2.86. The maximum absolute atomic E-state index is 11.6. The summed E-state index contributed by atoms with van der Waals surface area (Å²) in [5.74, 6) is 0.807. The number of rotatable bonds is 12. The molecule has 1 heterocycles. The van der Waals surface area contributed by atoms with E-state index in [0.29, 0.717) is 19.6 Å². The van der Waals surface area contributed by atoms with Gasteiger partial charge in [-0.15, -0.1) is 11.3 Å². The van der Waals surface area contributed by atoms with E-state index in [1.54, 1.807) is 11.3 Å². The van der Waals surface area contributed by atoms with Crippen molar-refractivity contribution in [2.45, 2.75) is 65.2 Å². The summed E-state index contributed by atoms with van der Waals surface area (Å²) in [6.07, 6.45) is 5.40. The average Bonchev–Trinajstić information content (AvgIpc) is 3.50. The first-order valence-electron chi connectivity index (χ1n) is 12.7. The zero-order chi connectivity index (χ0) is 24.8. The SMILES string of the molecule is CCCc1cc(-c2nc(CC)cs2)ccc1OCCOc1ccc2c(c1)CC[C@H]2C(CC)C(=O)O. The Morgan fingerprint density at radius 2 is 1.97 bits per heavy atom. The molecule has 4 rings (SSSR count). The number of aliphatic carboxylic acids is 1. The van der Waals surface area contributed by atoms with E-state index < -0.39 is 5.97 Å². The maximum atomic E-state index is 11.6. The van der Waals surface area contributed by atoms with Gasteiger partial charge in [0.1, 0.15) is 29.7 Å². The Kier molecular flexibility index (Phi) is 8.45. The van der Waals surface area contributed by atoms with E-state index in [9.17, 15) is 9.90 Å². The first kappa shape index (κ1) is 25.2. The molecule has 1 aliphatic carbocycles. The van der Waals surface area contributed by atoms with Gasteiger partial charge in [-0.2, -0.15) is 0 Å². The number of benzene rings is 2. The Morgan fingerprint density at radius 3 is 2.69 bits per heavy atom. The standard InChI is InChI=1S/C29H35NO4S/c1-4-7-20-16-21(28-30-22(5-2)18-35-28)9-13-27(20)34-15-14-33-23-10-12-25-19(17-23)8-11-26(25)24(6-3)29(31)32/h9-10,12-13,16-18,24,26H,4-8,11,14-15H2,1-3H3,(H,31,32)/t24?,26-/m0/s1. The number of hydrogen-bond donors (Lipinski definition) is 1. The number of carboxylic acid groups (broad SMARTS) is 1. The van der Waals surface area contributed by atoms with Gasteiger partial charge in [-0.25, -0.2) is 4.98 Å². The Labute approximate surface area is 212 Å². The van der Waals surface area contributed by atoms with Gasteiger partial charge < -0.3 is 14.6 Å². The fourth-order valence-electron chi connectivity index (χ4n) is 5.00. The van der Waals surface area contributed by atoms with Crippen LogP contribution in [0.2, 0.25) is 0 Å². The molecule has 0 aliphatic heterocycles. The number of carboxylic acids is 1. The molecule has 35 heavy (non-hydrogen) atoms. The van der Waals surface area contributed by atoms with Crippen molar-refractivity contribution in [3.63, 3.8) is 0 Å². The van der Waals surface area contributed by atoms with Crippen molar-refractivity contribution in [1.82, 2.24) is 4.98 Å². The van der Waals surface area contributed by atoms with Crippen LogP contribution in [0.3, 0.4) is 0 Å². The van der Waals surface area contributed by atoms with Gasteiger partial charge in [-0.05, 0) is 85.0 Å². The van der Waals surface area contributed by atoms with Crippen molar-refractivity contribution < 1.29 is 19.4 Å². The van der Waals surface area contributed by atoms with E-state index >= 15 is 0 Å². The van der Waals surface area contributed by atoms with Crippen LogP contribution < -0.4 is 9.47 Å². The van der Waals surface area contributed by atoms with E-state index in [0.717, 1.165) is 59.9 Å². The summed E-state index contributed by atoms with van der Waals surface area (Å²) in [5.41, 5.74) is 5.85. The van der Waals surface area contributed by atoms with Crippen LogP contribution in [0, 0.1) is 5.92 Å². The summed E-state index contributed by atoms with van der Waals surface area (Å²) >= 11 is 1.69. The van der Waals surface area contributed by atoms with Crippen LogP contribution in [0.1, 0.15) is 68.3 Å². The normalized spacial score (nSPS) is 15.6. The quantitative estimate of drug-likeness (QED) is 0.277. The Bertz CT molecular complexity index is 1160. The van der Waals surface area contributed by atoms with Crippen molar-refractivity contribution >= 4 is 17.3 Å². The molecule has 0 spiro atoms. The van der Waals surface area contributed by atoms with E-state index in [4.69, 9.17) is 14.5 Å². The van der Waals surface area contributed by atoms with E-state index in [1.165, 1.54) is 16.7 Å². The molecule has 6 heteroatoms. The molecule has 2 atom stereocenters.